The van der Waals surface area contributed by atoms with Gasteiger partial charge in [0.25, 0.3) is 5.91 Å². The highest BCUT2D eigenvalue weighted by molar-refractivity contribution is 5.94. The van der Waals surface area contributed by atoms with Crippen molar-refractivity contribution in [3.8, 4) is 0 Å². The fourth-order valence-corrected chi connectivity index (χ4v) is 3.02. The van der Waals surface area contributed by atoms with Gasteiger partial charge < -0.3 is 15.3 Å². The number of carbonyl (C=O) groups is 2. The summed E-state index contributed by atoms with van der Waals surface area (Å²) in [6.07, 6.45) is 2.44. The summed E-state index contributed by atoms with van der Waals surface area (Å²) in [5, 5.41) is 12.5. The quantitative estimate of drug-likeness (QED) is 0.875. The van der Waals surface area contributed by atoms with Crippen LogP contribution >= 0.6 is 0 Å². The molecular formula is C17H21FN2O3. The molecule has 1 heterocycles. The van der Waals surface area contributed by atoms with Crippen LogP contribution in [-0.4, -0.2) is 47.6 Å². The summed E-state index contributed by atoms with van der Waals surface area (Å²) >= 11 is 0. The molecule has 0 aromatic heterocycles. The van der Waals surface area contributed by atoms with Gasteiger partial charge in [0.1, 0.15) is 5.82 Å². The molecule has 2 fully saturated rings. The van der Waals surface area contributed by atoms with Crippen molar-refractivity contribution < 1.29 is 19.1 Å². The van der Waals surface area contributed by atoms with Crippen LogP contribution in [-0.2, 0) is 4.79 Å². The molecule has 2 amide bonds. The van der Waals surface area contributed by atoms with E-state index in [1.165, 1.54) is 18.2 Å². The van der Waals surface area contributed by atoms with E-state index in [2.05, 4.69) is 5.32 Å². The number of halogens is 1. The maximum atomic E-state index is 13.3. The van der Waals surface area contributed by atoms with Gasteiger partial charge in [-0.05, 0) is 37.5 Å². The highest BCUT2D eigenvalue weighted by Crippen LogP contribution is 2.30. The van der Waals surface area contributed by atoms with Crippen molar-refractivity contribution in [2.24, 2.45) is 11.8 Å². The summed E-state index contributed by atoms with van der Waals surface area (Å²) in [7, 11) is 0. The van der Waals surface area contributed by atoms with Crippen molar-refractivity contribution >= 4 is 11.8 Å². The molecule has 124 valence electrons. The van der Waals surface area contributed by atoms with E-state index in [1.807, 2.05) is 0 Å². The first-order valence-corrected chi connectivity index (χ1v) is 8.04. The second-order valence-corrected chi connectivity index (χ2v) is 6.38. The van der Waals surface area contributed by atoms with Crippen LogP contribution in [0.4, 0.5) is 4.39 Å². The monoisotopic (exact) mass is 320 g/mol. The van der Waals surface area contributed by atoms with Crippen molar-refractivity contribution in [1.82, 2.24) is 10.2 Å². The Labute approximate surface area is 134 Å². The minimum absolute atomic E-state index is 0.00787. The number of benzene rings is 1. The average molecular weight is 320 g/mol. The SMILES string of the molecule is O=C(N[C@@H]1CN(C(=O)c2cccc(F)c2)CC[C@@H]1CO)C1CC1. The maximum Gasteiger partial charge on any atom is 0.254 e. The van der Waals surface area contributed by atoms with Crippen LogP contribution in [0, 0.1) is 17.7 Å². The topological polar surface area (TPSA) is 69.6 Å². The fourth-order valence-electron chi connectivity index (χ4n) is 3.02. The van der Waals surface area contributed by atoms with Gasteiger partial charge in [-0.15, -0.1) is 0 Å². The van der Waals surface area contributed by atoms with E-state index in [-0.39, 0.29) is 36.3 Å². The molecule has 3 rings (SSSR count). The van der Waals surface area contributed by atoms with Crippen molar-refractivity contribution in [2.75, 3.05) is 19.7 Å². The summed E-state index contributed by atoms with van der Waals surface area (Å²) in [5.41, 5.74) is 0.305. The summed E-state index contributed by atoms with van der Waals surface area (Å²) in [5.74, 6) is -0.641. The first-order valence-electron chi connectivity index (χ1n) is 8.04. The molecule has 1 aliphatic carbocycles. The molecule has 23 heavy (non-hydrogen) atoms. The van der Waals surface area contributed by atoms with Gasteiger partial charge in [0, 0.05) is 37.1 Å². The molecule has 2 N–H and O–H groups in total. The van der Waals surface area contributed by atoms with Crippen LogP contribution in [0.25, 0.3) is 0 Å². The van der Waals surface area contributed by atoms with E-state index in [9.17, 15) is 19.1 Å². The molecule has 1 saturated carbocycles. The molecule has 0 bridgehead atoms. The van der Waals surface area contributed by atoms with Crippen LogP contribution in [0.5, 0.6) is 0 Å². The highest BCUT2D eigenvalue weighted by Gasteiger charge is 2.36. The van der Waals surface area contributed by atoms with Crippen molar-refractivity contribution in [3.63, 3.8) is 0 Å². The van der Waals surface area contributed by atoms with Gasteiger partial charge >= 0.3 is 0 Å². The Kier molecular flexibility index (Phi) is 4.61. The van der Waals surface area contributed by atoms with Crippen molar-refractivity contribution in [2.45, 2.75) is 25.3 Å². The predicted octanol–water partition coefficient (Wildman–Crippen LogP) is 1.17. The molecule has 2 aliphatic rings. The molecular weight excluding hydrogens is 299 g/mol. The summed E-state index contributed by atoms with van der Waals surface area (Å²) in [4.78, 5) is 26.1. The van der Waals surface area contributed by atoms with Crippen LogP contribution in [0.3, 0.4) is 0 Å². The standard InChI is InChI=1S/C17H21FN2O3/c18-14-3-1-2-12(8-14)17(23)20-7-6-13(10-21)15(9-20)19-16(22)11-4-5-11/h1-3,8,11,13,15,21H,4-7,9-10H2,(H,19,22)/t13-,15-/m1/s1. The number of nitrogens with one attached hydrogen (secondary N) is 1. The normalized spacial score (nSPS) is 24.3. The Morgan fingerprint density at radius 3 is 2.74 bits per heavy atom. The Morgan fingerprint density at radius 2 is 2.09 bits per heavy atom. The third kappa shape index (κ3) is 3.69. The van der Waals surface area contributed by atoms with Gasteiger partial charge in [0.2, 0.25) is 5.91 Å². The van der Waals surface area contributed by atoms with Gasteiger partial charge in [0.05, 0.1) is 6.04 Å². The number of nitrogens with zero attached hydrogens (tertiary/aromatic N) is 1. The van der Waals surface area contributed by atoms with Crippen LogP contribution < -0.4 is 5.32 Å². The van der Waals surface area contributed by atoms with Crippen LogP contribution in [0.15, 0.2) is 24.3 Å². The van der Waals surface area contributed by atoms with E-state index in [0.29, 0.717) is 25.1 Å². The highest BCUT2D eigenvalue weighted by atomic mass is 19.1. The zero-order chi connectivity index (χ0) is 16.4. The second kappa shape index (κ2) is 6.66. The van der Waals surface area contributed by atoms with Gasteiger partial charge in [-0.25, -0.2) is 4.39 Å². The number of aliphatic hydroxyl groups excluding tert-OH is 1. The lowest BCUT2D eigenvalue weighted by Crippen LogP contribution is -2.55. The maximum absolute atomic E-state index is 13.3. The summed E-state index contributed by atoms with van der Waals surface area (Å²) < 4.78 is 13.3. The number of carbonyl (C=O) groups excluding carboxylic acids is 2. The number of hydrogen-bond donors (Lipinski definition) is 2. The largest absolute Gasteiger partial charge is 0.396 e. The molecule has 0 unspecified atom stereocenters. The Bertz CT molecular complexity index is 603. The van der Waals surface area contributed by atoms with E-state index >= 15 is 0 Å². The number of likely N-dealkylation sites (tertiary alicyclic amines) is 1. The van der Waals surface area contributed by atoms with Gasteiger partial charge in [0.15, 0.2) is 0 Å². The number of rotatable bonds is 4. The van der Waals surface area contributed by atoms with E-state index in [1.54, 1.807) is 11.0 Å². The van der Waals surface area contributed by atoms with Crippen LogP contribution in [0.1, 0.15) is 29.6 Å². The van der Waals surface area contributed by atoms with Crippen molar-refractivity contribution in [3.05, 3.63) is 35.6 Å². The number of aliphatic hydroxyl groups is 1. The Morgan fingerprint density at radius 1 is 1.30 bits per heavy atom. The molecule has 1 aliphatic heterocycles. The second-order valence-electron chi connectivity index (χ2n) is 6.38. The van der Waals surface area contributed by atoms with Crippen molar-refractivity contribution in [1.29, 1.82) is 0 Å². The zero-order valence-electron chi connectivity index (χ0n) is 12.9. The molecule has 0 radical (unpaired) electrons. The van der Waals surface area contributed by atoms with Crippen LogP contribution in [0.2, 0.25) is 0 Å². The minimum atomic E-state index is -0.445. The summed E-state index contributed by atoms with van der Waals surface area (Å²) in [6, 6.07) is 5.36. The lowest BCUT2D eigenvalue weighted by Gasteiger charge is -2.38. The molecule has 6 heteroatoms. The molecule has 2 atom stereocenters. The molecule has 5 nitrogen and oxygen atoms in total. The first kappa shape index (κ1) is 15.9. The van der Waals surface area contributed by atoms with Gasteiger partial charge in [-0.3, -0.25) is 9.59 Å². The molecule has 1 saturated heterocycles. The first-order chi connectivity index (χ1) is 11.1. The molecule has 0 spiro atoms. The smallest absolute Gasteiger partial charge is 0.254 e. The van der Waals surface area contributed by atoms with Gasteiger partial charge in [-0.2, -0.15) is 0 Å². The minimum Gasteiger partial charge on any atom is -0.396 e. The average Bonchev–Trinajstić information content (AvgIpc) is 3.39. The molecule has 1 aromatic rings. The zero-order valence-corrected chi connectivity index (χ0v) is 12.9. The van der Waals surface area contributed by atoms with E-state index in [0.717, 1.165) is 12.8 Å². The van der Waals surface area contributed by atoms with E-state index in [4.69, 9.17) is 0 Å². The third-order valence-corrected chi connectivity index (χ3v) is 4.63. The summed E-state index contributed by atoms with van der Waals surface area (Å²) in [6.45, 7) is 0.826. The number of hydrogen-bond acceptors (Lipinski definition) is 3. The fraction of sp³-hybridized carbons (Fsp3) is 0.529. The predicted molar refractivity (Wildman–Crippen MR) is 82.2 cm³/mol. The Hall–Kier alpha value is -1.95. The lowest BCUT2D eigenvalue weighted by molar-refractivity contribution is -0.123. The van der Waals surface area contributed by atoms with E-state index < -0.39 is 5.82 Å². The number of amides is 2. The Balaban J connectivity index is 1.68. The lowest BCUT2D eigenvalue weighted by atomic mass is 9.91. The third-order valence-electron chi connectivity index (χ3n) is 4.63. The number of piperidine rings is 1. The van der Waals surface area contributed by atoms with Gasteiger partial charge in [-0.1, -0.05) is 6.07 Å². The molecule has 1 aromatic carbocycles.